The van der Waals surface area contributed by atoms with Gasteiger partial charge in [-0.05, 0) is 49.4 Å². The fourth-order valence-electron chi connectivity index (χ4n) is 2.65. The fourth-order valence-corrected chi connectivity index (χ4v) is 2.65. The first-order valence-corrected chi connectivity index (χ1v) is 8.74. The van der Waals surface area contributed by atoms with E-state index in [0.717, 1.165) is 5.75 Å². The lowest BCUT2D eigenvalue weighted by Crippen LogP contribution is -2.28. The monoisotopic (exact) mass is 370 g/mol. The van der Waals surface area contributed by atoms with Crippen LogP contribution >= 0.6 is 0 Å². The molecule has 0 unspecified atom stereocenters. The van der Waals surface area contributed by atoms with Gasteiger partial charge in [0.25, 0.3) is 11.8 Å². The minimum atomic E-state index is -0.320. The third kappa shape index (κ3) is 4.69. The molecule has 142 valence electrons. The molecule has 0 aliphatic carbocycles. The van der Waals surface area contributed by atoms with Gasteiger partial charge in [-0.2, -0.15) is 0 Å². The van der Waals surface area contributed by atoms with Gasteiger partial charge < -0.3 is 24.4 Å². The summed E-state index contributed by atoms with van der Waals surface area (Å²) in [6.45, 7) is 3.32. The third-order valence-corrected chi connectivity index (χ3v) is 4.03. The van der Waals surface area contributed by atoms with Crippen LogP contribution in [0.1, 0.15) is 17.3 Å². The van der Waals surface area contributed by atoms with Gasteiger partial charge in [0.05, 0.1) is 18.7 Å². The Morgan fingerprint density at radius 2 is 1.85 bits per heavy atom. The number of hydrogen-bond donors (Lipinski definition) is 1. The van der Waals surface area contributed by atoms with Crippen LogP contribution in [0.2, 0.25) is 0 Å². The van der Waals surface area contributed by atoms with E-state index in [0.29, 0.717) is 42.5 Å². The standard InChI is InChI=1S/C20H22N2O5/c1-3-25-15-5-7-16(8-6-15)27-13-19(23)21-14-4-9-18-17(12-14)20(24)22(2)10-11-26-18/h4-9,12H,3,10-11,13H2,1-2H3,(H,21,23). The fraction of sp³-hybridized carbons (Fsp3) is 0.300. The van der Waals surface area contributed by atoms with Gasteiger partial charge in [0.15, 0.2) is 6.61 Å². The molecule has 2 aromatic rings. The Labute approximate surface area is 157 Å². The molecule has 0 atom stereocenters. The molecule has 0 saturated heterocycles. The van der Waals surface area contributed by atoms with Crippen molar-refractivity contribution in [2.45, 2.75) is 6.92 Å². The summed E-state index contributed by atoms with van der Waals surface area (Å²) in [5.74, 6) is 1.38. The molecule has 1 aliphatic rings. The molecular weight excluding hydrogens is 348 g/mol. The second-order valence-electron chi connectivity index (χ2n) is 6.03. The van der Waals surface area contributed by atoms with Crippen molar-refractivity contribution in [1.82, 2.24) is 4.90 Å². The first kappa shape index (κ1) is 18.6. The van der Waals surface area contributed by atoms with Crippen LogP contribution in [0.5, 0.6) is 17.2 Å². The lowest BCUT2D eigenvalue weighted by Gasteiger charge is -2.13. The molecule has 1 aliphatic heterocycles. The van der Waals surface area contributed by atoms with Crippen molar-refractivity contribution < 1.29 is 23.8 Å². The maximum absolute atomic E-state index is 12.4. The molecule has 7 nitrogen and oxygen atoms in total. The quantitative estimate of drug-likeness (QED) is 0.846. The molecule has 1 N–H and O–H groups in total. The first-order chi connectivity index (χ1) is 13.1. The molecular formula is C20H22N2O5. The summed E-state index contributed by atoms with van der Waals surface area (Å²) in [5.41, 5.74) is 0.946. The second-order valence-corrected chi connectivity index (χ2v) is 6.03. The lowest BCUT2D eigenvalue weighted by molar-refractivity contribution is -0.118. The molecule has 7 heteroatoms. The first-order valence-electron chi connectivity index (χ1n) is 8.74. The highest BCUT2D eigenvalue weighted by Crippen LogP contribution is 2.26. The zero-order valence-electron chi connectivity index (χ0n) is 15.4. The van der Waals surface area contributed by atoms with Crippen LogP contribution in [-0.4, -0.2) is 50.1 Å². The van der Waals surface area contributed by atoms with Gasteiger partial charge >= 0.3 is 0 Å². The second kappa shape index (κ2) is 8.44. The van der Waals surface area contributed by atoms with Crippen molar-refractivity contribution in [1.29, 1.82) is 0 Å². The highest BCUT2D eigenvalue weighted by Gasteiger charge is 2.21. The number of anilines is 1. The van der Waals surface area contributed by atoms with Gasteiger partial charge in [-0.1, -0.05) is 0 Å². The number of likely N-dealkylation sites (N-methyl/N-ethyl adjacent to an activating group) is 1. The van der Waals surface area contributed by atoms with Crippen LogP contribution in [0, 0.1) is 0 Å². The average Bonchev–Trinajstić information content (AvgIpc) is 2.81. The highest BCUT2D eigenvalue weighted by molar-refractivity contribution is 5.99. The van der Waals surface area contributed by atoms with Gasteiger partial charge in [-0.25, -0.2) is 0 Å². The third-order valence-electron chi connectivity index (χ3n) is 4.03. The number of ether oxygens (including phenoxy) is 3. The Balaban J connectivity index is 1.59. The van der Waals surface area contributed by atoms with Gasteiger partial charge in [-0.15, -0.1) is 0 Å². The summed E-state index contributed by atoms with van der Waals surface area (Å²) >= 11 is 0. The summed E-state index contributed by atoms with van der Waals surface area (Å²) in [5, 5.41) is 2.73. The van der Waals surface area contributed by atoms with Crippen molar-refractivity contribution in [2.75, 3.05) is 38.7 Å². The van der Waals surface area contributed by atoms with Crippen molar-refractivity contribution in [2.24, 2.45) is 0 Å². The average molecular weight is 370 g/mol. The minimum absolute atomic E-state index is 0.135. The lowest BCUT2D eigenvalue weighted by atomic mass is 10.1. The van der Waals surface area contributed by atoms with Crippen LogP contribution < -0.4 is 19.5 Å². The number of rotatable bonds is 6. The summed E-state index contributed by atoms with van der Waals surface area (Å²) in [6, 6.07) is 12.1. The van der Waals surface area contributed by atoms with E-state index in [1.807, 2.05) is 6.92 Å². The van der Waals surface area contributed by atoms with Crippen molar-refractivity contribution in [3.8, 4) is 17.2 Å². The topological polar surface area (TPSA) is 77.1 Å². The largest absolute Gasteiger partial charge is 0.494 e. The Kier molecular flexibility index (Phi) is 5.80. The van der Waals surface area contributed by atoms with Crippen LogP contribution in [0.3, 0.4) is 0 Å². The van der Waals surface area contributed by atoms with E-state index < -0.39 is 0 Å². The normalized spacial score (nSPS) is 13.3. The number of amides is 2. The van der Waals surface area contributed by atoms with Crippen LogP contribution in [0.15, 0.2) is 42.5 Å². The molecule has 2 aromatic carbocycles. The van der Waals surface area contributed by atoms with Gasteiger partial charge in [0, 0.05) is 12.7 Å². The zero-order chi connectivity index (χ0) is 19.2. The molecule has 1 heterocycles. The summed E-state index contributed by atoms with van der Waals surface area (Å²) in [6.07, 6.45) is 0. The smallest absolute Gasteiger partial charge is 0.262 e. The van der Waals surface area contributed by atoms with E-state index in [1.165, 1.54) is 0 Å². The molecule has 2 amide bonds. The van der Waals surface area contributed by atoms with Gasteiger partial charge in [-0.3, -0.25) is 9.59 Å². The van der Waals surface area contributed by atoms with E-state index in [2.05, 4.69) is 5.32 Å². The SMILES string of the molecule is CCOc1ccc(OCC(=O)Nc2ccc3c(c2)C(=O)N(C)CCO3)cc1. The summed E-state index contributed by atoms with van der Waals surface area (Å²) < 4.78 is 16.4. The van der Waals surface area contributed by atoms with Crippen molar-refractivity contribution >= 4 is 17.5 Å². The predicted octanol–water partition coefficient (Wildman–Crippen LogP) is 2.57. The number of nitrogens with zero attached hydrogens (tertiary/aromatic N) is 1. The predicted molar refractivity (Wildman–Crippen MR) is 101 cm³/mol. The van der Waals surface area contributed by atoms with Gasteiger partial charge in [0.2, 0.25) is 0 Å². The molecule has 0 fully saturated rings. The van der Waals surface area contributed by atoms with Gasteiger partial charge in [0.1, 0.15) is 23.9 Å². The molecule has 0 radical (unpaired) electrons. The summed E-state index contributed by atoms with van der Waals surface area (Å²) in [4.78, 5) is 26.1. The number of hydrogen-bond acceptors (Lipinski definition) is 5. The maximum Gasteiger partial charge on any atom is 0.262 e. The molecule has 0 bridgehead atoms. The van der Waals surface area contributed by atoms with Crippen LogP contribution in [0.4, 0.5) is 5.69 Å². The Morgan fingerprint density at radius 3 is 2.56 bits per heavy atom. The van der Waals surface area contributed by atoms with Crippen LogP contribution in [-0.2, 0) is 4.79 Å². The van der Waals surface area contributed by atoms with E-state index in [4.69, 9.17) is 14.2 Å². The number of nitrogens with one attached hydrogen (secondary N) is 1. The number of carbonyl (C=O) groups excluding carboxylic acids is 2. The molecule has 0 spiro atoms. The van der Waals surface area contributed by atoms with Crippen molar-refractivity contribution in [3.05, 3.63) is 48.0 Å². The van der Waals surface area contributed by atoms with E-state index in [-0.39, 0.29) is 18.4 Å². The Hall–Kier alpha value is -3.22. The van der Waals surface area contributed by atoms with E-state index in [9.17, 15) is 9.59 Å². The summed E-state index contributed by atoms with van der Waals surface area (Å²) in [7, 11) is 1.72. The number of carbonyl (C=O) groups is 2. The van der Waals surface area contributed by atoms with E-state index >= 15 is 0 Å². The Bertz CT molecular complexity index is 820. The van der Waals surface area contributed by atoms with Crippen LogP contribution in [0.25, 0.3) is 0 Å². The van der Waals surface area contributed by atoms with E-state index in [1.54, 1.807) is 54.4 Å². The number of fused-ring (bicyclic) bond motifs is 1. The Morgan fingerprint density at radius 1 is 1.15 bits per heavy atom. The number of benzene rings is 2. The highest BCUT2D eigenvalue weighted by atomic mass is 16.5. The maximum atomic E-state index is 12.4. The minimum Gasteiger partial charge on any atom is -0.494 e. The molecule has 0 aromatic heterocycles. The molecule has 0 saturated carbocycles. The zero-order valence-corrected chi connectivity index (χ0v) is 15.4. The van der Waals surface area contributed by atoms with Crippen molar-refractivity contribution in [3.63, 3.8) is 0 Å². The molecule has 3 rings (SSSR count). The molecule has 27 heavy (non-hydrogen) atoms.